The number of hydrogen-bond donors (Lipinski definition) is 1. The Morgan fingerprint density at radius 1 is 1.57 bits per heavy atom. The molecule has 1 aliphatic heterocycles. The Hall–Kier alpha value is -0.570. The van der Waals surface area contributed by atoms with Crippen LogP contribution in [0.1, 0.15) is 33.1 Å². The molecule has 14 heavy (non-hydrogen) atoms. The Bertz CT molecular complexity index is 229. The Morgan fingerprint density at radius 2 is 2.29 bits per heavy atom. The van der Waals surface area contributed by atoms with Crippen LogP contribution >= 0.6 is 0 Å². The number of hydrogen-bond acceptors (Lipinski definition) is 2. The molecule has 1 aliphatic carbocycles. The SMILES string of the molecule is CCN(C(=O)C1(C)CC1)C1CCNC1. The zero-order valence-corrected chi connectivity index (χ0v) is 9.18. The second kappa shape index (κ2) is 3.54. The third kappa shape index (κ3) is 1.65. The summed E-state index contributed by atoms with van der Waals surface area (Å²) in [6, 6.07) is 0.449. The van der Waals surface area contributed by atoms with Crippen LogP contribution < -0.4 is 5.32 Å². The van der Waals surface area contributed by atoms with Crippen LogP contribution in [0.3, 0.4) is 0 Å². The molecule has 0 spiro atoms. The van der Waals surface area contributed by atoms with Crippen molar-refractivity contribution in [2.45, 2.75) is 39.2 Å². The highest BCUT2D eigenvalue weighted by molar-refractivity contribution is 5.85. The standard InChI is InChI=1S/C11H20N2O/c1-3-13(9-4-7-12-8-9)10(14)11(2)5-6-11/h9,12H,3-8H2,1-2H3. The van der Waals surface area contributed by atoms with Crippen molar-refractivity contribution in [3.05, 3.63) is 0 Å². The van der Waals surface area contributed by atoms with E-state index in [1.165, 1.54) is 0 Å². The third-order valence-corrected chi connectivity index (χ3v) is 3.59. The fraction of sp³-hybridized carbons (Fsp3) is 0.909. The lowest BCUT2D eigenvalue weighted by molar-refractivity contribution is -0.138. The molecule has 1 unspecified atom stereocenters. The van der Waals surface area contributed by atoms with Crippen LogP contribution in [0.2, 0.25) is 0 Å². The highest BCUT2D eigenvalue weighted by Gasteiger charge is 2.48. The Morgan fingerprint density at radius 3 is 2.71 bits per heavy atom. The number of nitrogens with one attached hydrogen (secondary N) is 1. The smallest absolute Gasteiger partial charge is 0.228 e. The molecule has 0 aromatic rings. The summed E-state index contributed by atoms with van der Waals surface area (Å²) in [5, 5.41) is 3.32. The second-order valence-corrected chi connectivity index (χ2v) is 4.80. The van der Waals surface area contributed by atoms with E-state index >= 15 is 0 Å². The monoisotopic (exact) mass is 196 g/mol. The summed E-state index contributed by atoms with van der Waals surface area (Å²) in [4.78, 5) is 14.2. The average Bonchev–Trinajstić information content (AvgIpc) is 2.73. The molecule has 1 N–H and O–H groups in total. The predicted octanol–water partition coefficient (Wildman–Crippen LogP) is 0.997. The Balaban J connectivity index is 2.01. The van der Waals surface area contributed by atoms with Crippen LogP contribution in [-0.4, -0.2) is 36.5 Å². The molecule has 2 aliphatic rings. The maximum Gasteiger partial charge on any atom is 0.228 e. The number of carbonyl (C=O) groups excluding carboxylic acids is 1. The fourth-order valence-electron chi connectivity index (χ4n) is 2.22. The average molecular weight is 196 g/mol. The van der Waals surface area contributed by atoms with Gasteiger partial charge in [0.15, 0.2) is 0 Å². The first-order valence-electron chi connectivity index (χ1n) is 5.69. The summed E-state index contributed by atoms with van der Waals surface area (Å²) in [6.07, 6.45) is 3.29. The Kier molecular flexibility index (Phi) is 2.52. The molecule has 3 nitrogen and oxygen atoms in total. The number of likely N-dealkylation sites (N-methyl/N-ethyl adjacent to an activating group) is 1. The van der Waals surface area contributed by atoms with Crippen molar-refractivity contribution in [2.24, 2.45) is 5.41 Å². The van der Waals surface area contributed by atoms with Gasteiger partial charge in [0.2, 0.25) is 5.91 Å². The molecule has 0 aromatic carbocycles. The summed E-state index contributed by atoms with van der Waals surface area (Å²) >= 11 is 0. The van der Waals surface area contributed by atoms with Crippen molar-refractivity contribution < 1.29 is 4.79 Å². The second-order valence-electron chi connectivity index (χ2n) is 4.80. The van der Waals surface area contributed by atoms with E-state index in [2.05, 4.69) is 24.1 Å². The molecule has 3 heteroatoms. The van der Waals surface area contributed by atoms with Gasteiger partial charge in [0, 0.05) is 24.5 Å². The van der Waals surface area contributed by atoms with E-state index in [1.807, 2.05) is 0 Å². The van der Waals surface area contributed by atoms with Gasteiger partial charge in [-0.05, 0) is 32.7 Å². The summed E-state index contributed by atoms with van der Waals surface area (Å²) in [6.45, 7) is 7.09. The molecule has 1 atom stereocenters. The molecule has 80 valence electrons. The first kappa shape index (κ1) is 9.97. The third-order valence-electron chi connectivity index (χ3n) is 3.59. The minimum absolute atomic E-state index is 0.00139. The van der Waals surface area contributed by atoms with Crippen LogP contribution in [0.15, 0.2) is 0 Å². The van der Waals surface area contributed by atoms with Gasteiger partial charge < -0.3 is 10.2 Å². The first-order valence-corrected chi connectivity index (χ1v) is 5.69. The van der Waals surface area contributed by atoms with Gasteiger partial charge in [0.25, 0.3) is 0 Å². The lowest BCUT2D eigenvalue weighted by Crippen LogP contribution is -2.44. The molecule has 0 radical (unpaired) electrons. The van der Waals surface area contributed by atoms with E-state index in [-0.39, 0.29) is 5.41 Å². The van der Waals surface area contributed by atoms with Gasteiger partial charge in [-0.2, -0.15) is 0 Å². The van der Waals surface area contributed by atoms with Crippen molar-refractivity contribution >= 4 is 5.91 Å². The van der Waals surface area contributed by atoms with Crippen LogP contribution in [0.5, 0.6) is 0 Å². The lowest BCUT2D eigenvalue weighted by atomic mass is 10.1. The van der Waals surface area contributed by atoms with E-state index in [4.69, 9.17) is 0 Å². The largest absolute Gasteiger partial charge is 0.338 e. The van der Waals surface area contributed by atoms with Crippen molar-refractivity contribution in [3.63, 3.8) is 0 Å². The minimum Gasteiger partial charge on any atom is -0.338 e. The van der Waals surface area contributed by atoms with Crippen LogP contribution in [0, 0.1) is 5.41 Å². The molecular weight excluding hydrogens is 176 g/mol. The van der Waals surface area contributed by atoms with Crippen molar-refractivity contribution in [3.8, 4) is 0 Å². The Labute approximate surface area is 85.8 Å². The minimum atomic E-state index is -0.00139. The van der Waals surface area contributed by atoms with Gasteiger partial charge in [-0.3, -0.25) is 4.79 Å². The molecule has 1 saturated carbocycles. The summed E-state index contributed by atoms with van der Waals surface area (Å²) < 4.78 is 0. The zero-order valence-electron chi connectivity index (χ0n) is 9.18. The quantitative estimate of drug-likeness (QED) is 0.730. The van der Waals surface area contributed by atoms with Gasteiger partial charge in [-0.1, -0.05) is 6.92 Å². The first-order chi connectivity index (χ1) is 6.67. The van der Waals surface area contributed by atoms with E-state index in [9.17, 15) is 4.79 Å². The molecule has 1 amide bonds. The van der Waals surface area contributed by atoms with Gasteiger partial charge in [0.1, 0.15) is 0 Å². The van der Waals surface area contributed by atoms with Gasteiger partial charge in [-0.15, -0.1) is 0 Å². The maximum atomic E-state index is 12.1. The molecule has 1 heterocycles. The van der Waals surface area contributed by atoms with Crippen LogP contribution in [-0.2, 0) is 4.79 Å². The molecule has 2 fully saturated rings. The predicted molar refractivity (Wildman–Crippen MR) is 56.0 cm³/mol. The van der Waals surface area contributed by atoms with Crippen LogP contribution in [0.25, 0.3) is 0 Å². The highest BCUT2D eigenvalue weighted by atomic mass is 16.2. The maximum absolute atomic E-state index is 12.1. The number of amides is 1. The van der Waals surface area contributed by atoms with Gasteiger partial charge in [-0.25, -0.2) is 0 Å². The summed E-state index contributed by atoms with van der Waals surface area (Å²) in [7, 11) is 0. The normalized spacial score (nSPS) is 28.9. The molecule has 2 rings (SSSR count). The molecular formula is C11H20N2O. The van der Waals surface area contributed by atoms with Crippen molar-refractivity contribution in [1.29, 1.82) is 0 Å². The van der Waals surface area contributed by atoms with E-state index in [0.717, 1.165) is 38.9 Å². The number of nitrogens with zero attached hydrogens (tertiary/aromatic N) is 1. The molecule has 0 aromatic heterocycles. The molecule has 0 bridgehead atoms. The molecule has 1 saturated heterocycles. The van der Waals surface area contributed by atoms with Gasteiger partial charge in [0.05, 0.1) is 0 Å². The fourth-order valence-corrected chi connectivity index (χ4v) is 2.22. The number of carbonyl (C=O) groups is 1. The van der Waals surface area contributed by atoms with Crippen molar-refractivity contribution in [2.75, 3.05) is 19.6 Å². The van der Waals surface area contributed by atoms with Crippen LogP contribution in [0.4, 0.5) is 0 Å². The van der Waals surface area contributed by atoms with E-state index in [0.29, 0.717) is 11.9 Å². The lowest BCUT2D eigenvalue weighted by Gasteiger charge is -2.29. The summed E-state index contributed by atoms with van der Waals surface area (Å²) in [5.74, 6) is 0.383. The topological polar surface area (TPSA) is 32.3 Å². The summed E-state index contributed by atoms with van der Waals surface area (Å²) in [5.41, 5.74) is -0.00139. The van der Waals surface area contributed by atoms with Crippen molar-refractivity contribution in [1.82, 2.24) is 10.2 Å². The highest BCUT2D eigenvalue weighted by Crippen LogP contribution is 2.46. The van der Waals surface area contributed by atoms with E-state index in [1.54, 1.807) is 0 Å². The zero-order chi connectivity index (χ0) is 10.2. The number of rotatable bonds is 3. The van der Waals surface area contributed by atoms with Gasteiger partial charge >= 0.3 is 0 Å². The van der Waals surface area contributed by atoms with E-state index < -0.39 is 0 Å².